The summed E-state index contributed by atoms with van der Waals surface area (Å²) in [6.45, 7) is 2.26. The second-order valence-corrected chi connectivity index (χ2v) is 9.70. The number of benzene rings is 3. The van der Waals surface area contributed by atoms with E-state index in [1.807, 2.05) is 61.5 Å². The summed E-state index contributed by atoms with van der Waals surface area (Å²) in [7, 11) is -3.35. The highest BCUT2D eigenvalue weighted by Gasteiger charge is 2.25. The van der Waals surface area contributed by atoms with Gasteiger partial charge in [0.05, 0.1) is 11.4 Å². The SMILES string of the molecule is Cc1ccc(-c2c(-c3ccc(S(C)(=O)=O)cc3)nn(Cc3ccccc3)c2C(=O)O)cc1. The quantitative estimate of drug-likeness (QED) is 0.465. The van der Waals surface area contributed by atoms with Crippen LogP contribution >= 0.6 is 0 Å². The molecule has 1 heterocycles. The Kier molecular flexibility index (Phi) is 5.67. The zero-order valence-corrected chi connectivity index (χ0v) is 18.5. The maximum Gasteiger partial charge on any atom is 0.354 e. The largest absolute Gasteiger partial charge is 0.477 e. The topological polar surface area (TPSA) is 89.3 Å². The zero-order chi connectivity index (χ0) is 22.9. The first kappa shape index (κ1) is 21.5. The van der Waals surface area contributed by atoms with Gasteiger partial charge < -0.3 is 5.11 Å². The van der Waals surface area contributed by atoms with Gasteiger partial charge in [-0.2, -0.15) is 5.10 Å². The number of carboxylic acids is 1. The third kappa shape index (κ3) is 4.33. The molecule has 0 atom stereocenters. The van der Waals surface area contributed by atoms with Crippen LogP contribution in [0, 0.1) is 6.92 Å². The van der Waals surface area contributed by atoms with Crippen LogP contribution in [0.15, 0.2) is 83.8 Å². The smallest absolute Gasteiger partial charge is 0.354 e. The van der Waals surface area contributed by atoms with E-state index in [9.17, 15) is 18.3 Å². The molecule has 0 fully saturated rings. The number of sulfone groups is 1. The lowest BCUT2D eigenvalue weighted by molar-refractivity contribution is 0.0685. The number of carboxylic acid groups (broad SMARTS) is 1. The van der Waals surface area contributed by atoms with E-state index in [0.29, 0.717) is 23.4 Å². The van der Waals surface area contributed by atoms with Gasteiger partial charge in [-0.25, -0.2) is 13.2 Å². The van der Waals surface area contributed by atoms with Gasteiger partial charge in [-0.15, -0.1) is 0 Å². The number of hydrogen-bond acceptors (Lipinski definition) is 4. The molecule has 162 valence electrons. The van der Waals surface area contributed by atoms with Crippen molar-refractivity contribution in [1.82, 2.24) is 9.78 Å². The first-order valence-corrected chi connectivity index (χ1v) is 11.9. The maximum absolute atomic E-state index is 12.4. The van der Waals surface area contributed by atoms with Gasteiger partial charge in [0.1, 0.15) is 5.69 Å². The van der Waals surface area contributed by atoms with Crippen molar-refractivity contribution in [2.24, 2.45) is 0 Å². The third-order valence-electron chi connectivity index (χ3n) is 5.23. The maximum atomic E-state index is 12.4. The summed E-state index contributed by atoms with van der Waals surface area (Å²) in [6, 6.07) is 23.5. The predicted octanol–water partition coefficient (Wildman–Crippen LogP) is 4.68. The molecule has 4 aromatic rings. The Labute approximate surface area is 186 Å². The Morgan fingerprint density at radius 2 is 1.50 bits per heavy atom. The van der Waals surface area contributed by atoms with Crippen molar-refractivity contribution in [2.75, 3.05) is 6.26 Å². The predicted molar refractivity (Wildman–Crippen MR) is 123 cm³/mol. The molecule has 6 nitrogen and oxygen atoms in total. The molecule has 0 aliphatic carbocycles. The fraction of sp³-hybridized carbons (Fsp3) is 0.120. The standard InChI is InChI=1S/C25H22N2O4S/c1-17-8-10-19(11-9-17)22-23(20-12-14-21(15-13-20)32(2,30)31)26-27(24(22)25(28)29)16-18-6-4-3-5-7-18/h3-15H,16H2,1-2H3,(H,28,29). The Balaban J connectivity index is 1.94. The average molecular weight is 447 g/mol. The number of aryl methyl sites for hydroxylation is 1. The van der Waals surface area contributed by atoms with Gasteiger partial charge in [-0.1, -0.05) is 72.3 Å². The number of rotatable bonds is 6. The number of carbonyl (C=O) groups is 1. The minimum absolute atomic E-state index is 0.0832. The molecule has 0 spiro atoms. The summed E-state index contributed by atoms with van der Waals surface area (Å²) in [5, 5.41) is 14.8. The average Bonchev–Trinajstić information content (AvgIpc) is 3.14. The van der Waals surface area contributed by atoms with Crippen molar-refractivity contribution in [3.63, 3.8) is 0 Å². The van der Waals surface area contributed by atoms with E-state index >= 15 is 0 Å². The second kappa shape index (κ2) is 8.43. The van der Waals surface area contributed by atoms with Gasteiger partial charge in [0.25, 0.3) is 0 Å². The summed E-state index contributed by atoms with van der Waals surface area (Å²) in [4.78, 5) is 12.6. The fourth-order valence-corrected chi connectivity index (χ4v) is 4.24. The van der Waals surface area contributed by atoms with Crippen LogP contribution in [-0.4, -0.2) is 35.5 Å². The second-order valence-electron chi connectivity index (χ2n) is 7.68. The molecule has 0 amide bonds. The van der Waals surface area contributed by atoms with Gasteiger partial charge in [0.2, 0.25) is 0 Å². The summed E-state index contributed by atoms with van der Waals surface area (Å²) in [6.07, 6.45) is 1.15. The highest BCUT2D eigenvalue weighted by molar-refractivity contribution is 7.90. The zero-order valence-electron chi connectivity index (χ0n) is 17.7. The Morgan fingerprint density at radius 3 is 2.06 bits per heavy atom. The highest BCUT2D eigenvalue weighted by atomic mass is 32.2. The molecule has 1 N–H and O–H groups in total. The van der Waals surface area contributed by atoms with Gasteiger partial charge in [0.15, 0.2) is 15.5 Å². The lowest BCUT2D eigenvalue weighted by Gasteiger charge is -2.07. The van der Waals surface area contributed by atoms with Crippen LogP contribution in [0.1, 0.15) is 21.6 Å². The van der Waals surface area contributed by atoms with Crippen molar-refractivity contribution in [2.45, 2.75) is 18.4 Å². The molecule has 7 heteroatoms. The van der Waals surface area contributed by atoms with Crippen LogP contribution in [0.4, 0.5) is 0 Å². The number of aromatic nitrogens is 2. The molecular formula is C25H22N2O4S. The van der Waals surface area contributed by atoms with Gasteiger partial charge in [-0.05, 0) is 30.2 Å². The van der Waals surface area contributed by atoms with Crippen molar-refractivity contribution in [3.8, 4) is 22.4 Å². The molecule has 0 aliphatic heterocycles. The molecule has 0 aliphatic rings. The van der Waals surface area contributed by atoms with Crippen LogP contribution in [-0.2, 0) is 16.4 Å². The van der Waals surface area contributed by atoms with Crippen LogP contribution < -0.4 is 0 Å². The molecule has 0 saturated carbocycles. The van der Waals surface area contributed by atoms with Gasteiger partial charge in [0, 0.05) is 17.4 Å². The molecule has 0 saturated heterocycles. The van der Waals surface area contributed by atoms with Gasteiger partial charge in [-0.3, -0.25) is 4.68 Å². The van der Waals surface area contributed by atoms with Crippen LogP contribution in [0.5, 0.6) is 0 Å². The first-order chi connectivity index (χ1) is 15.2. The van der Waals surface area contributed by atoms with E-state index < -0.39 is 15.8 Å². The fourth-order valence-electron chi connectivity index (χ4n) is 3.61. The van der Waals surface area contributed by atoms with Crippen LogP contribution in [0.2, 0.25) is 0 Å². The number of nitrogens with zero attached hydrogens (tertiary/aromatic N) is 2. The third-order valence-corrected chi connectivity index (χ3v) is 6.35. The summed E-state index contributed by atoms with van der Waals surface area (Å²) >= 11 is 0. The number of aromatic carboxylic acids is 1. The number of hydrogen-bond donors (Lipinski definition) is 1. The summed E-state index contributed by atoms with van der Waals surface area (Å²) in [5.74, 6) is -1.08. The van der Waals surface area contributed by atoms with Crippen molar-refractivity contribution < 1.29 is 18.3 Å². The molecule has 1 aromatic heterocycles. The van der Waals surface area contributed by atoms with Crippen molar-refractivity contribution >= 4 is 15.8 Å². The van der Waals surface area contributed by atoms with E-state index in [0.717, 1.165) is 22.9 Å². The van der Waals surface area contributed by atoms with E-state index in [2.05, 4.69) is 5.10 Å². The van der Waals surface area contributed by atoms with Crippen LogP contribution in [0.3, 0.4) is 0 Å². The molecule has 4 rings (SSSR count). The van der Waals surface area contributed by atoms with E-state index in [1.165, 1.54) is 16.8 Å². The highest BCUT2D eigenvalue weighted by Crippen LogP contribution is 2.35. The summed E-state index contributed by atoms with van der Waals surface area (Å²) in [5.41, 5.74) is 4.42. The van der Waals surface area contributed by atoms with E-state index in [-0.39, 0.29) is 10.6 Å². The molecule has 0 radical (unpaired) electrons. The normalized spacial score (nSPS) is 11.4. The molecule has 0 bridgehead atoms. The van der Waals surface area contributed by atoms with Crippen molar-refractivity contribution in [1.29, 1.82) is 0 Å². The summed E-state index contributed by atoms with van der Waals surface area (Å²) < 4.78 is 25.2. The molecule has 32 heavy (non-hydrogen) atoms. The molecular weight excluding hydrogens is 424 g/mol. The van der Waals surface area contributed by atoms with Crippen molar-refractivity contribution in [3.05, 3.63) is 95.7 Å². The molecule has 3 aromatic carbocycles. The lowest BCUT2D eigenvalue weighted by Crippen LogP contribution is -2.11. The van der Waals surface area contributed by atoms with E-state index in [1.54, 1.807) is 12.1 Å². The van der Waals surface area contributed by atoms with Gasteiger partial charge >= 0.3 is 5.97 Å². The minimum Gasteiger partial charge on any atom is -0.477 e. The Hall–Kier alpha value is -3.71. The van der Waals surface area contributed by atoms with E-state index in [4.69, 9.17) is 0 Å². The first-order valence-electron chi connectivity index (χ1n) is 9.99. The monoisotopic (exact) mass is 446 g/mol. The Bertz CT molecular complexity index is 1370. The molecule has 0 unspecified atom stereocenters. The van der Waals surface area contributed by atoms with Crippen LogP contribution in [0.25, 0.3) is 22.4 Å². The minimum atomic E-state index is -3.35. The Morgan fingerprint density at radius 1 is 0.906 bits per heavy atom. The lowest BCUT2D eigenvalue weighted by atomic mass is 9.98.